The molecule has 3 aromatic carbocycles. The highest BCUT2D eigenvalue weighted by Crippen LogP contribution is 2.38. The van der Waals surface area contributed by atoms with Crippen molar-refractivity contribution in [1.82, 2.24) is 0 Å². The molecule has 0 saturated carbocycles. The number of benzene rings is 3. The zero-order valence-corrected chi connectivity index (χ0v) is 21.3. The van der Waals surface area contributed by atoms with Gasteiger partial charge in [-0.05, 0) is 24.3 Å². The van der Waals surface area contributed by atoms with Crippen LogP contribution in [0.25, 0.3) is 0 Å². The van der Waals surface area contributed by atoms with Crippen LogP contribution in [0.2, 0.25) is 0 Å². The van der Waals surface area contributed by atoms with Crippen LogP contribution < -0.4 is 28.6 Å². The molecule has 0 aliphatic heterocycles. The Labute approximate surface area is 209 Å². The van der Waals surface area contributed by atoms with Crippen molar-refractivity contribution >= 4 is 27.3 Å². The average Bonchev–Trinajstić information content (AvgIpc) is 2.86. The van der Waals surface area contributed by atoms with E-state index in [1.807, 2.05) is 0 Å². The summed E-state index contributed by atoms with van der Waals surface area (Å²) in [7, 11) is 1.75. The number of hydrogen-bond donors (Lipinski definition) is 1. The number of anilines is 2. The molecule has 0 fully saturated rings. The van der Waals surface area contributed by atoms with E-state index in [2.05, 4.69) is 5.32 Å². The van der Waals surface area contributed by atoms with Crippen molar-refractivity contribution in [1.29, 1.82) is 0 Å². The van der Waals surface area contributed by atoms with Gasteiger partial charge in [-0.3, -0.25) is 9.10 Å². The van der Waals surface area contributed by atoms with Crippen molar-refractivity contribution in [2.75, 3.05) is 44.3 Å². The number of nitrogens with one attached hydrogen (secondary N) is 1. The molecule has 0 unspecified atom stereocenters. The van der Waals surface area contributed by atoms with Crippen LogP contribution in [-0.2, 0) is 16.6 Å². The molecular weight excluding hydrogens is 491 g/mol. The van der Waals surface area contributed by atoms with Gasteiger partial charge in [-0.15, -0.1) is 0 Å². The van der Waals surface area contributed by atoms with Crippen LogP contribution in [0.5, 0.6) is 23.0 Å². The highest BCUT2D eigenvalue weighted by atomic mass is 32.2. The van der Waals surface area contributed by atoms with Gasteiger partial charge in [-0.2, -0.15) is 0 Å². The lowest BCUT2D eigenvalue weighted by molar-refractivity contribution is 0.102. The van der Waals surface area contributed by atoms with E-state index >= 15 is 0 Å². The van der Waals surface area contributed by atoms with Crippen molar-refractivity contribution in [3.8, 4) is 23.0 Å². The quantitative estimate of drug-likeness (QED) is 0.431. The molecule has 0 saturated heterocycles. The summed E-state index contributed by atoms with van der Waals surface area (Å²) in [5.74, 6) is 0.0364. The smallest absolute Gasteiger partial charge is 0.257 e. The maximum Gasteiger partial charge on any atom is 0.257 e. The molecule has 192 valence electrons. The fourth-order valence-corrected chi connectivity index (χ4v) is 4.41. The molecule has 3 rings (SSSR count). The number of ether oxygens (including phenoxy) is 4. The first-order valence-corrected chi connectivity index (χ1v) is 12.5. The highest BCUT2D eigenvalue weighted by Gasteiger charge is 2.27. The Hall–Kier alpha value is -3.99. The van der Waals surface area contributed by atoms with E-state index in [0.717, 1.165) is 10.6 Å². The monoisotopic (exact) mass is 518 g/mol. The van der Waals surface area contributed by atoms with Crippen LogP contribution >= 0.6 is 0 Å². The number of carbonyl (C=O) groups excluding carboxylic acids is 1. The minimum atomic E-state index is -3.97. The Morgan fingerprint density at radius 2 is 1.44 bits per heavy atom. The number of rotatable bonds is 10. The summed E-state index contributed by atoms with van der Waals surface area (Å²) in [4.78, 5) is 13.4. The lowest BCUT2D eigenvalue weighted by Crippen LogP contribution is -2.32. The van der Waals surface area contributed by atoms with E-state index in [1.54, 1.807) is 24.3 Å². The van der Waals surface area contributed by atoms with E-state index in [-0.39, 0.29) is 34.9 Å². The Morgan fingerprint density at radius 1 is 0.861 bits per heavy atom. The summed E-state index contributed by atoms with van der Waals surface area (Å²) >= 11 is 0. The molecule has 36 heavy (non-hydrogen) atoms. The third-order valence-electron chi connectivity index (χ3n) is 5.33. The van der Waals surface area contributed by atoms with Gasteiger partial charge in [0.15, 0.2) is 23.0 Å². The van der Waals surface area contributed by atoms with E-state index in [0.29, 0.717) is 17.2 Å². The van der Waals surface area contributed by atoms with Gasteiger partial charge in [-0.25, -0.2) is 12.8 Å². The third-order valence-corrected chi connectivity index (χ3v) is 6.46. The van der Waals surface area contributed by atoms with Crippen LogP contribution in [0, 0.1) is 5.82 Å². The number of sulfonamides is 1. The number of halogens is 1. The number of nitrogens with zero attached hydrogens (tertiary/aromatic N) is 1. The van der Waals surface area contributed by atoms with Gasteiger partial charge in [0.1, 0.15) is 5.82 Å². The van der Waals surface area contributed by atoms with Gasteiger partial charge in [0, 0.05) is 23.4 Å². The van der Waals surface area contributed by atoms with E-state index in [4.69, 9.17) is 18.9 Å². The Morgan fingerprint density at radius 3 is 2.03 bits per heavy atom. The Bertz CT molecular complexity index is 1360. The first kappa shape index (κ1) is 26.6. The molecule has 0 radical (unpaired) electrons. The Kier molecular flexibility index (Phi) is 8.25. The molecular formula is C25H27FN2O7S. The molecule has 0 aliphatic rings. The van der Waals surface area contributed by atoms with Crippen molar-refractivity contribution in [2.24, 2.45) is 0 Å². The highest BCUT2D eigenvalue weighted by molar-refractivity contribution is 7.92. The number of hydrogen-bond acceptors (Lipinski definition) is 7. The van der Waals surface area contributed by atoms with Crippen LogP contribution in [0.3, 0.4) is 0 Å². The SMILES string of the molecule is COc1ccc(NC(=O)c2cc(OC)c(OC)cc2N(Cc2ccccc2F)S(C)(=O)=O)cc1OC. The van der Waals surface area contributed by atoms with Gasteiger partial charge < -0.3 is 24.3 Å². The fraction of sp³-hybridized carbons (Fsp3) is 0.240. The van der Waals surface area contributed by atoms with Crippen molar-refractivity contribution < 1.29 is 36.6 Å². The zero-order chi connectivity index (χ0) is 26.5. The first-order chi connectivity index (χ1) is 17.1. The van der Waals surface area contributed by atoms with Crippen molar-refractivity contribution in [3.05, 3.63) is 71.5 Å². The van der Waals surface area contributed by atoms with Gasteiger partial charge in [0.2, 0.25) is 10.0 Å². The molecule has 3 aromatic rings. The molecule has 0 heterocycles. The maximum atomic E-state index is 14.4. The second-order valence-electron chi connectivity index (χ2n) is 7.61. The minimum Gasteiger partial charge on any atom is -0.493 e. The summed E-state index contributed by atoms with van der Waals surface area (Å²) in [6.45, 7) is -0.350. The average molecular weight is 519 g/mol. The van der Waals surface area contributed by atoms with Crippen LogP contribution in [0.4, 0.5) is 15.8 Å². The molecule has 11 heteroatoms. The zero-order valence-electron chi connectivity index (χ0n) is 20.5. The van der Waals surface area contributed by atoms with Crippen LogP contribution in [0.1, 0.15) is 15.9 Å². The Balaban J connectivity index is 2.13. The van der Waals surface area contributed by atoms with Gasteiger partial charge in [-0.1, -0.05) is 18.2 Å². The maximum absolute atomic E-state index is 14.4. The van der Waals surface area contributed by atoms with Crippen molar-refractivity contribution in [2.45, 2.75) is 6.54 Å². The van der Waals surface area contributed by atoms with E-state index in [1.165, 1.54) is 58.8 Å². The number of methoxy groups -OCH3 is 4. The molecule has 0 atom stereocenters. The summed E-state index contributed by atoms with van der Waals surface area (Å²) in [5, 5.41) is 2.73. The van der Waals surface area contributed by atoms with Gasteiger partial charge >= 0.3 is 0 Å². The van der Waals surface area contributed by atoms with E-state index < -0.39 is 21.7 Å². The minimum absolute atomic E-state index is 0.0172. The van der Waals surface area contributed by atoms with Crippen LogP contribution in [0.15, 0.2) is 54.6 Å². The summed E-state index contributed by atoms with van der Waals surface area (Å²) in [6.07, 6.45) is 0.973. The van der Waals surface area contributed by atoms with Gasteiger partial charge in [0.25, 0.3) is 5.91 Å². The van der Waals surface area contributed by atoms with Gasteiger partial charge in [0.05, 0.1) is 52.5 Å². The largest absolute Gasteiger partial charge is 0.493 e. The summed E-state index contributed by atoms with van der Waals surface area (Å²) in [5.41, 5.74) is 0.447. The molecule has 0 bridgehead atoms. The van der Waals surface area contributed by atoms with E-state index in [9.17, 15) is 17.6 Å². The first-order valence-electron chi connectivity index (χ1n) is 10.6. The normalized spacial score (nSPS) is 10.9. The molecule has 0 aliphatic carbocycles. The molecule has 0 aromatic heterocycles. The predicted molar refractivity (Wildman–Crippen MR) is 134 cm³/mol. The molecule has 0 spiro atoms. The fourth-order valence-electron chi connectivity index (χ4n) is 3.53. The predicted octanol–water partition coefficient (Wildman–Crippen LogP) is 4.08. The standard InChI is InChI=1S/C25H27FN2O7S/c1-32-21-11-10-17(12-22(21)33-2)27-25(29)18-13-23(34-3)24(35-4)14-20(18)28(36(5,30)31)15-16-8-6-7-9-19(16)26/h6-14H,15H2,1-5H3,(H,27,29). The number of amides is 1. The molecule has 9 nitrogen and oxygen atoms in total. The number of carbonyl (C=O) groups is 1. The lowest BCUT2D eigenvalue weighted by atomic mass is 10.1. The summed E-state index contributed by atoms with van der Waals surface area (Å²) in [6, 6.07) is 13.3. The second kappa shape index (κ2) is 11.2. The second-order valence-corrected chi connectivity index (χ2v) is 9.52. The summed E-state index contributed by atoms with van der Waals surface area (Å²) < 4.78 is 62.3. The van der Waals surface area contributed by atoms with Crippen LogP contribution in [-0.4, -0.2) is 49.0 Å². The molecule has 1 amide bonds. The third kappa shape index (κ3) is 5.80. The topological polar surface area (TPSA) is 103 Å². The lowest BCUT2D eigenvalue weighted by Gasteiger charge is -2.26. The van der Waals surface area contributed by atoms with Crippen molar-refractivity contribution in [3.63, 3.8) is 0 Å². The molecule has 1 N–H and O–H groups in total.